The van der Waals surface area contributed by atoms with Crippen LogP contribution in [-0.2, 0) is 6.18 Å². The molecule has 0 spiro atoms. The number of halogens is 9. The van der Waals surface area contributed by atoms with Crippen LogP contribution in [-0.4, -0.2) is 15.0 Å². The largest absolute Gasteiger partial charge is 0.451 e. The van der Waals surface area contributed by atoms with Crippen molar-refractivity contribution in [2.24, 2.45) is 0 Å². The SMILES string of the molecule is Fc1nc(F)c(F)c(-c2cc(C(F)F)nc(C(F)(F)F)n2)c1F. The minimum atomic E-state index is -5.34. The van der Waals surface area contributed by atoms with E-state index in [1.165, 1.54) is 0 Å². The Morgan fingerprint density at radius 2 is 1.35 bits per heavy atom. The second-order valence-corrected chi connectivity index (χ2v) is 4.00. The van der Waals surface area contributed by atoms with Crippen LogP contribution in [0.1, 0.15) is 17.9 Å². The van der Waals surface area contributed by atoms with Gasteiger partial charge in [0.25, 0.3) is 18.3 Å². The summed E-state index contributed by atoms with van der Waals surface area (Å²) in [4.78, 5) is 7.34. The molecule has 23 heavy (non-hydrogen) atoms. The molecular formula is C11H2F9N3. The molecule has 0 N–H and O–H groups in total. The minimum Gasteiger partial charge on any atom is -0.224 e. The van der Waals surface area contributed by atoms with Crippen LogP contribution in [0, 0.1) is 23.5 Å². The Kier molecular flexibility index (Phi) is 4.18. The summed E-state index contributed by atoms with van der Waals surface area (Å²) < 4.78 is 116. The van der Waals surface area contributed by atoms with E-state index in [4.69, 9.17) is 0 Å². The summed E-state index contributed by atoms with van der Waals surface area (Å²) in [6.45, 7) is 0. The molecule has 3 nitrogen and oxygen atoms in total. The van der Waals surface area contributed by atoms with Gasteiger partial charge in [-0.3, -0.25) is 0 Å². The van der Waals surface area contributed by atoms with Gasteiger partial charge in [-0.15, -0.1) is 0 Å². The summed E-state index contributed by atoms with van der Waals surface area (Å²) >= 11 is 0. The van der Waals surface area contributed by atoms with Gasteiger partial charge in [0, 0.05) is 0 Å². The van der Waals surface area contributed by atoms with E-state index in [2.05, 4.69) is 15.0 Å². The Balaban J connectivity index is 2.81. The molecule has 0 aliphatic rings. The van der Waals surface area contributed by atoms with Gasteiger partial charge in [0.2, 0.25) is 5.82 Å². The van der Waals surface area contributed by atoms with Crippen molar-refractivity contribution in [1.82, 2.24) is 15.0 Å². The van der Waals surface area contributed by atoms with Gasteiger partial charge in [-0.1, -0.05) is 0 Å². The van der Waals surface area contributed by atoms with E-state index in [-0.39, 0.29) is 6.07 Å². The molecule has 0 fully saturated rings. The third-order valence-electron chi connectivity index (χ3n) is 2.48. The van der Waals surface area contributed by atoms with E-state index in [1.807, 2.05) is 0 Å². The quantitative estimate of drug-likeness (QED) is 0.608. The number of hydrogen-bond donors (Lipinski definition) is 0. The Morgan fingerprint density at radius 1 is 0.826 bits per heavy atom. The van der Waals surface area contributed by atoms with Crippen LogP contribution in [0.3, 0.4) is 0 Å². The summed E-state index contributed by atoms with van der Waals surface area (Å²) in [7, 11) is 0. The van der Waals surface area contributed by atoms with Gasteiger partial charge in [-0.2, -0.15) is 26.9 Å². The average Bonchev–Trinajstić information content (AvgIpc) is 2.44. The molecule has 0 amide bonds. The number of hydrogen-bond acceptors (Lipinski definition) is 3. The first-order chi connectivity index (χ1) is 10.5. The Hall–Kier alpha value is -2.40. The lowest BCUT2D eigenvalue weighted by atomic mass is 10.1. The molecule has 0 bridgehead atoms. The first-order valence-corrected chi connectivity index (χ1v) is 5.47. The number of nitrogens with zero attached hydrogens (tertiary/aromatic N) is 3. The van der Waals surface area contributed by atoms with Crippen LogP contribution in [0.4, 0.5) is 39.5 Å². The van der Waals surface area contributed by atoms with Gasteiger partial charge >= 0.3 is 6.18 Å². The maximum atomic E-state index is 13.5. The predicted octanol–water partition coefficient (Wildman–Crippen LogP) is 4.05. The van der Waals surface area contributed by atoms with Gasteiger partial charge in [0.1, 0.15) is 5.69 Å². The summed E-state index contributed by atoms with van der Waals surface area (Å²) in [5, 5.41) is 0. The first-order valence-electron chi connectivity index (χ1n) is 5.47. The molecule has 124 valence electrons. The molecule has 0 atom stereocenters. The average molecular weight is 347 g/mol. The molecule has 0 saturated carbocycles. The minimum absolute atomic E-state index is 0.0836. The molecule has 2 heterocycles. The number of aromatic nitrogens is 3. The zero-order valence-electron chi connectivity index (χ0n) is 10.4. The fourth-order valence-electron chi connectivity index (χ4n) is 1.54. The van der Waals surface area contributed by atoms with Gasteiger partial charge in [0.05, 0.1) is 11.3 Å². The number of alkyl halides is 5. The van der Waals surface area contributed by atoms with Crippen molar-refractivity contribution >= 4 is 0 Å². The Labute approximate surface area is 120 Å². The second-order valence-electron chi connectivity index (χ2n) is 4.00. The van der Waals surface area contributed by atoms with E-state index in [0.717, 1.165) is 0 Å². The molecule has 0 aliphatic carbocycles. The predicted molar refractivity (Wildman–Crippen MR) is 55.1 cm³/mol. The highest BCUT2D eigenvalue weighted by molar-refractivity contribution is 5.61. The first kappa shape index (κ1) is 17.0. The van der Waals surface area contributed by atoms with Crippen molar-refractivity contribution in [2.75, 3.05) is 0 Å². The van der Waals surface area contributed by atoms with E-state index < -0.39 is 58.9 Å². The lowest BCUT2D eigenvalue weighted by molar-refractivity contribution is -0.145. The second kappa shape index (κ2) is 5.66. The smallest absolute Gasteiger partial charge is 0.224 e. The molecule has 0 aromatic carbocycles. The summed E-state index contributed by atoms with van der Waals surface area (Å²) in [6.07, 6.45) is -8.89. The van der Waals surface area contributed by atoms with E-state index in [0.29, 0.717) is 0 Å². The van der Waals surface area contributed by atoms with Crippen LogP contribution in [0.2, 0.25) is 0 Å². The highest BCUT2D eigenvalue weighted by Crippen LogP contribution is 2.33. The monoisotopic (exact) mass is 347 g/mol. The molecule has 0 saturated heterocycles. The van der Waals surface area contributed by atoms with Crippen LogP contribution >= 0.6 is 0 Å². The maximum absolute atomic E-state index is 13.5. The van der Waals surface area contributed by atoms with Crippen LogP contribution in [0.15, 0.2) is 6.07 Å². The van der Waals surface area contributed by atoms with Crippen molar-refractivity contribution in [3.8, 4) is 11.3 Å². The van der Waals surface area contributed by atoms with Gasteiger partial charge < -0.3 is 0 Å². The van der Waals surface area contributed by atoms with E-state index in [9.17, 15) is 39.5 Å². The summed E-state index contributed by atoms with van der Waals surface area (Å²) in [6, 6.07) is 0.0836. The standard InChI is InChI=1S/C11H2F9N3/c12-5-4(6(13)9(17)23-8(5)16)2-1-3(7(14)15)22-10(21-2)11(18,19)20/h1,7H. The van der Waals surface area contributed by atoms with Gasteiger partial charge in [-0.25, -0.2) is 27.5 Å². The van der Waals surface area contributed by atoms with Crippen LogP contribution in [0.25, 0.3) is 11.3 Å². The number of pyridine rings is 1. The highest BCUT2D eigenvalue weighted by Gasteiger charge is 2.37. The van der Waals surface area contributed by atoms with Crippen molar-refractivity contribution in [1.29, 1.82) is 0 Å². The van der Waals surface area contributed by atoms with Gasteiger partial charge in [-0.05, 0) is 6.07 Å². The number of rotatable bonds is 2. The maximum Gasteiger partial charge on any atom is 0.451 e. The van der Waals surface area contributed by atoms with Crippen molar-refractivity contribution in [3.63, 3.8) is 0 Å². The molecule has 2 aromatic heterocycles. The van der Waals surface area contributed by atoms with Gasteiger partial charge in [0.15, 0.2) is 11.6 Å². The molecule has 0 radical (unpaired) electrons. The zero-order valence-corrected chi connectivity index (χ0v) is 10.4. The molecule has 2 rings (SSSR count). The third-order valence-corrected chi connectivity index (χ3v) is 2.48. The highest BCUT2D eigenvalue weighted by atomic mass is 19.4. The normalized spacial score (nSPS) is 12.1. The summed E-state index contributed by atoms with van der Waals surface area (Å²) in [5.41, 5.74) is -4.64. The lowest BCUT2D eigenvalue weighted by Gasteiger charge is -2.11. The topological polar surface area (TPSA) is 38.7 Å². The molecule has 2 aromatic rings. The van der Waals surface area contributed by atoms with Crippen LogP contribution < -0.4 is 0 Å². The fraction of sp³-hybridized carbons (Fsp3) is 0.182. The van der Waals surface area contributed by atoms with E-state index >= 15 is 0 Å². The van der Waals surface area contributed by atoms with Crippen LogP contribution in [0.5, 0.6) is 0 Å². The third kappa shape index (κ3) is 3.19. The van der Waals surface area contributed by atoms with Crippen molar-refractivity contribution < 1.29 is 39.5 Å². The van der Waals surface area contributed by atoms with Crippen molar-refractivity contribution in [2.45, 2.75) is 12.6 Å². The molecule has 0 unspecified atom stereocenters. The zero-order chi connectivity index (χ0) is 17.5. The summed E-state index contributed by atoms with van der Waals surface area (Å²) in [5.74, 6) is -10.9. The lowest BCUT2D eigenvalue weighted by Crippen LogP contribution is -2.14. The van der Waals surface area contributed by atoms with E-state index in [1.54, 1.807) is 0 Å². The Bertz CT molecular complexity index is 731. The Morgan fingerprint density at radius 3 is 1.78 bits per heavy atom. The molecule has 12 heteroatoms. The van der Waals surface area contributed by atoms with Crippen molar-refractivity contribution in [3.05, 3.63) is 41.1 Å². The fourth-order valence-corrected chi connectivity index (χ4v) is 1.54. The molecular weight excluding hydrogens is 345 g/mol. The molecule has 0 aliphatic heterocycles.